The highest BCUT2D eigenvalue weighted by Crippen LogP contribution is 2.30. The van der Waals surface area contributed by atoms with E-state index < -0.39 is 36.0 Å². The van der Waals surface area contributed by atoms with Gasteiger partial charge in [-0.05, 0) is 42.0 Å². The normalized spacial score (nSPS) is 11.9. The fraction of sp³-hybridized carbons (Fsp3) is 0.235. The fourth-order valence-electron chi connectivity index (χ4n) is 2.00. The molecule has 1 N–H and O–H groups in total. The molecule has 26 heavy (non-hydrogen) atoms. The van der Waals surface area contributed by atoms with Gasteiger partial charge >= 0.3 is 12.4 Å². The lowest BCUT2D eigenvalue weighted by Crippen LogP contribution is -2.28. The number of hydrogen-bond acceptors (Lipinski definition) is 2. The second kappa shape index (κ2) is 7.67. The van der Waals surface area contributed by atoms with Gasteiger partial charge < -0.3 is 10.1 Å². The minimum absolute atomic E-state index is 0.0622. The molecule has 0 aliphatic heterocycles. The van der Waals surface area contributed by atoms with Gasteiger partial charge in [-0.1, -0.05) is 12.1 Å². The van der Waals surface area contributed by atoms with Crippen LogP contribution in [-0.2, 0) is 23.7 Å². The molecule has 0 heterocycles. The quantitative estimate of drug-likeness (QED) is 0.784. The monoisotopic (exact) mass is 377 g/mol. The molecule has 140 valence electrons. The van der Waals surface area contributed by atoms with Crippen molar-refractivity contribution in [2.45, 2.75) is 18.9 Å². The molecule has 0 aliphatic carbocycles. The number of alkyl halides is 6. The van der Waals surface area contributed by atoms with Gasteiger partial charge in [0.15, 0.2) is 6.61 Å². The number of ether oxygens (including phenoxy) is 1. The first-order chi connectivity index (χ1) is 12.1. The zero-order valence-corrected chi connectivity index (χ0v) is 13.1. The van der Waals surface area contributed by atoms with Gasteiger partial charge in [-0.2, -0.15) is 26.3 Å². The molecular formula is C17H13F6NO2. The minimum atomic E-state index is -4.48. The molecule has 2 aromatic rings. The molecule has 0 aliphatic rings. The zero-order valence-electron chi connectivity index (χ0n) is 13.1. The van der Waals surface area contributed by atoms with Crippen molar-refractivity contribution in [2.75, 3.05) is 6.61 Å². The largest absolute Gasteiger partial charge is 0.484 e. The van der Waals surface area contributed by atoms with E-state index in [0.717, 1.165) is 36.4 Å². The molecule has 9 heteroatoms. The van der Waals surface area contributed by atoms with Crippen molar-refractivity contribution in [2.24, 2.45) is 0 Å². The summed E-state index contributed by atoms with van der Waals surface area (Å²) in [4.78, 5) is 11.7. The van der Waals surface area contributed by atoms with E-state index in [2.05, 4.69) is 5.32 Å². The van der Waals surface area contributed by atoms with Crippen molar-refractivity contribution in [3.63, 3.8) is 0 Å². The Hall–Kier alpha value is -2.71. The Labute approximate surface area is 144 Å². The van der Waals surface area contributed by atoms with Gasteiger partial charge in [0, 0.05) is 6.54 Å². The summed E-state index contributed by atoms with van der Waals surface area (Å²) in [6, 6.07) is 8.25. The number of hydrogen-bond donors (Lipinski definition) is 1. The maximum atomic E-state index is 12.6. The SMILES string of the molecule is O=C(COc1ccc(C(F)(F)F)cc1)NCc1cccc(C(F)(F)F)c1. The van der Waals surface area contributed by atoms with Crippen molar-refractivity contribution in [3.8, 4) is 5.75 Å². The Morgan fingerprint density at radius 1 is 0.885 bits per heavy atom. The van der Waals surface area contributed by atoms with Crippen LogP contribution < -0.4 is 10.1 Å². The molecule has 0 fully saturated rings. The van der Waals surface area contributed by atoms with E-state index in [1.807, 2.05) is 0 Å². The second-order valence-electron chi connectivity index (χ2n) is 5.29. The summed E-state index contributed by atoms with van der Waals surface area (Å²) in [6.45, 7) is -0.622. The van der Waals surface area contributed by atoms with Crippen LogP contribution in [0.25, 0.3) is 0 Å². The van der Waals surface area contributed by atoms with Crippen LogP contribution in [0, 0.1) is 0 Å². The Morgan fingerprint density at radius 2 is 1.50 bits per heavy atom. The first kappa shape index (κ1) is 19.6. The maximum Gasteiger partial charge on any atom is 0.416 e. The van der Waals surface area contributed by atoms with E-state index in [-0.39, 0.29) is 17.9 Å². The van der Waals surface area contributed by atoms with Gasteiger partial charge in [-0.25, -0.2) is 0 Å². The van der Waals surface area contributed by atoms with E-state index in [9.17, 15) is 31.1 Å². The van der Waals surface area contributed by atoms with E-state index in [1.165, 1.54) is 12.1 Å². The lowest BCUT2D eigenvalue weighted by atomic mass is 10.1. The second-order valence-corrected chi connectivity index (χ2v) is 5.29. The summed E-state index contributed by atoms with van der Waals surface area (Å²) in [5.74, 6) is -0.561. The van der Waals surface area contributed by atoms with E-state index in [0.29, 0.717) is 0 Å². The van der Waals surface area contributed by atoms with Gasteiger partial charge in [0.2, 0.25) is 0 Å². The van der Waals surface area contributed by atoms with Crippen LogP contribution in [0.2, 0.25) is 0 Å². The third-order valence-electron chi connectivity index (χ3n) is 3.30. The minimum Gasteiger partial charge on any atom is -0.484 e. The van der Waals surface area contributed by atoms with Crippen molar-refractivity contribution < 1.29 is 35.9 Å². The van der Waals surface area contributed by atoms with Gasteiger partial charge in [0.25, 0.3) is 5.91 Å². The third-order valence-corrected chi connectivity index (χ3v) is 3.30. The molecule has 0 bridgehead atoms. The molecule has 0 atom stereocenters. The predicted octanol–water partition coefficient (Wildman–Crippen LogP) is 4.42. The van der Waals surface area contributed by atoms with E-state index >= 15 is 0 Å². The van der Waals surface area contributed by atoms with Crippen LogP contribution in [-0.4, -0.2) is 12.5 Å². The summed E-state index contributed by atoms with van der Waals surface area (Å²) in [5, 5.41) is 2.37. The Bertz CT molecular complexity index is 753. The average Bonchev–Trinajstić information content (AvgIpc) is 2.57. The van der Waals surface area contributed by atoms with Crippen molar-refractivity contribution in [3.05, 3.63) is 65.2 Å². The maximum absolute atomic E-state index is 12.6. The molecular weight excluding hydrogens is 364 g/mol. The summed E-state index contributed by atoms with van der Waals surface area (Å²) < 4.78 is 80.1. The first-order valence-electron chi connectivity index (χ1n) is 7.28. The van der Waals surface area contributed by atoms with Gasteiger partial charge in [-0.15, -0.1) is 0 Å². The first-order valence-corrected chi connectivity index (χ1v) is 7.28. The van der Waals surface area contributed by atoms with Crippen LogP contribution in [0.15, 0.2) is 48.5 Å². The molecule has 2 aromatic carbocycles. The molecule has 3 nitrogen and oxygen atoms in total. The highest BCUT2D eigenvalue weighted by molar-refractivity contribution is 5.77. The van der Waals surface area contributed by atoms with E-state index in [4.69, 9.17) is 4.74 Å². The lowest BCUT2D eigenvalue weighted by Gasteiger charge is -2.11. The predicted molar refractivity (Wildman–Crippen MR) is 80.2 cm³/mol. The molecule has 0 radical (unpaired) electrons. The fourth-order valence-corrected chi connectivity index (χ4v) is 2.00. The highest BCUT2D eigenvalue weighted by atomic mass is 19.4. The standard InChI is InChI=1S/C17H13F6NO2/c18-16(19,20)12-4-6-14(7-5-12)26-10-15(25)24-9-11-2-1-3-13(8-11)17(21,22)23/h1-8H,9-10H2,(H,24,25). The van der Waals surface area contributed by atoms with Crippen LogP contribution in [0.4, 0.5) is 26.3 Å². The summed E-state index contributed by atoms with van der Waals surface area (Å²) in [7, 11) is 0. The van der Waals surface area contributed by atoms with Gasteiger partial charge in [-0.3, -0.25) is 4.79 Å². The molecule has 0 spiro atoms. The van der Waals surface area contributed by atoms with E-state index in [1.54, 1.807) is 0 Å². The number of carbonyl (C=O) groups is 1. The number of halogens is 6. The third kappa shape index (κ3) is 5.68. The number of benzene rings is 2. The molecule has 2 rings (SSSR count). The Balaban J connectivity index is 1.84. The smallest absolute Gasteiger partial charge is 0.416 e. The summed E-state index contributed by atoms with van der Waals surface area (Å²) in [6.07, 6.45) is -8.95. The van der Waals surface area contributed by atoms with Crippen LogP contribution in [0.3, 0.4) is 0 Å². The lowest BCUT2D eigenvalue weighted by molar-refractivity contribution is -0.138. The van der Waals surface area contributed by atoms with Crippen LogP contribution >= 0.6 is 0 Å². The molecule has 0 saturated carbocycles. The number of amides is 1. The Kier molecular flexibility index (Phi) is 5.79. The highest BCUT2D eigenvalue weighted by Gasteiger charge is 2.30. The zero-order chi connectivity index (χ0) is 19.4. The Morgan fingerprint density at radius 3 is 2.08 bits per heavy atom. The topological polar surface area (TPSA) is 38.3 Å². The summed E-state index contributed by atoms with van der Waals surface area (Å²) >= 11 is 0. The van der Waals surface area contributed by atoms with Crippen LogP contribution in [0.5, 0.6) is 5.75 Å². The summed E-state index contributed by atoms with van der Waals surface area (Å²) in [5.41, 5.74) is -1.42. The molecule has 1 amide bonds. The number of nitrogens with one attached hydrogen (secondary N) is 1. The molecule has 0 saturated heterocycles. The van der Waals surface area contributed by atoms with Gasteiger partial charge in [0.1, 0.15) is 5.75 Å². The van der Waals surface area contributed by atoms with Crippen LogP contribution in [0.1, 0.15) is 16.7 Å². The molecule has 0 aromatic heterocycles. The average molecular weight is 377 g/mol. The van der Waals surface area contributed by atoms with Crippen molar-refractivity contribution in [1.82, 2.24) is 5.32 Å². The molecule has 0 unspecified atom stereocenters. The number of rotatable bonds is 5. The van der Waals surface area contributed by atoms with Crippen molar-refractivity contribution in [1.29, 1.82) is 0 Å². The van der Waals surface area contributed by atoms with Crippen molar-refractivity contribution >= 4 is 5.91 Å². The van der Waals surface area contributed by atoms with Gasteiger partial charge in [0.05, 0.1) is 11.1 Å². The number of carbonyl (C=O) groups excluding carboxylic acids is 1.